The fourth-order valence-corrected chi connectivity index (χ4v) is 2.37. The summed E-state index contributed by atoms with van der Waals surface area (Å²) in [5, 5.41) is 4.43. The summed E-state index contributed by atoms with van der Waals surface area (Å²) in [6.07, 6.45) is 1.32. The minimum absolute atomic E-state index is 0.0464. The largest absolute Gasteiger partial charge is 0.383 e. The number of carbonyl (C=O) groups excluding carboxylic acids is 1. The maximum atomic E-state index is 12.1. The fourth-order valence-electron chi connectivity index (χ4n) is 1.54. The molecule has 2 aromatic heterocycles. The van der Waals surface area contributed by atoms with E-state index in [2.05, 4.69) is 10.3 Å². The highest BCUT2D eigenvalue weighted by Crippen LogP contribution is 2.10. The highest BCUT2D eigenvalue weighted by molar-refractivity contribution is 7.15. The fraction of sp³-hybridized carbons (Fsp3) is 0.364. The van der Waals surface area contributed by atoms with Gasteiger partial charge in [-0.15, -0.1) is 11.3 Å². The van der Waals surface area contributed by atoms with Crippen molar-refractivity contribution in [2.24, 2.45) is 0 Å². The molecule has 18 heavy (non-hydrogen) atoms. The molecule has 2 aromatic rings. The van der Waals surface area contributed by atoms with Gasteiger partial charge >= 0.3 is 0 Å². The molecule has 6 nitrogen and oxygen atoms in total. The zero-order valence-corrected chi connectivity index (χ0v) is 10.9. The summed E-state index contributed by atoms with van der Waals surface area (Å²) in [4.78, 5) is 28.6. The SMILES string of the molecule is COCCNC(=O)c1cnc2scc(C)n2c1=O. The second-order valence-corrected chi connectivity index (χ2v) is 4.56. The third-order valence-electron chi connectivity index (χ3n) is 2.45. The molecular formula is C11H13N3O3S. The predicted molar refractivity (Wildman–Crippen MR) is 68.3 cm³/mol. The highest BCUT2D eigenvalue weighted by atomic mass is 32.1. The Kier molecular flexibility index (Phi) is 3.73. The molecular weight excluding hydrogens is 254 g/mol. The Morgan fingerprint density at radius 1 is 1.61 bits per heavy atom. The van der Waals surface area contributed by atoms with Gasteiger partial charge in [-0.1, -0.05) is 0 Å². The zero-order chi connectivity index (χ0) is 13.1. The van der Waals surface area contributed by atoms with Gasteiger partial charge in [-0.3, -0.25) is 14.0 Å². The van der Waals surface area contributed by atoms with Gasteiger partial charge in [0.25, 0.3) is 11.5 Å². The topological polar surface area (TPSA) is 72.7 Å². The van der Waals surface area contributed by atoms with Gasteiger partial charge in [0.2, 0.25) is 0 Å². The summed E-state index contributed by atoms with van der Waals surface area (Å²) >= 11 is 1.37. The molecule has 0 saturated carbocycles. The molecule has 0 aromatic carbocycles. The Hall–Kier alpha value is -1.73. The van der Waals surface area contributed by atoms with Crippen LogP contribution in [0.4, 0.5) is 0 Å². The molecule has 0 radical (unpaired) electrons. The van der Waals surface area contributed by atoms with Crippen LogP contribution >= 0.6 is 11.3 Å². The normalized spacial score (nSPS) is 10.8. The molecule has 96 valence electrons. The van der Waals surface area contributed by atoms with Crippen LogP contribution in [0.2, 0.25) is 0 Å². The van der Waals surface area contributed by atoms with Gasteiger partial charge in [-0.05, 0) is 6.92 Å². The van der Waals surface area contributed by atoms with Crippen LogP contribution in [0.3, 0.4) is 0 Å². The number of methoxy groups -OCH3 is 1. The lowest BCUT2D eigenvalue weighted by Crippen LogP contribution is -2.33. The number of nitrogens with zero attached hydrogens (tertiary/aromatic N) is 2. The van der Waals surface area contributed by atoms with E-state index in [1.165, 1.54) is 21.9 Å². The van der Waals surface area contributed by atoms with Crippen LogP contribution in [0, 0.1) is 6.92 Å². The van der Waals surface area contributed by atoms with E-state index in [9.17, 15) is 9.59 Å². The van der Waals surface area contributed by atoms with Crippen molar-refractivity contribution in [2.75, 3.05) is 20.3 Å². The first kappa shape index (κ1) is 12.7. The van der Waals surface area contributed by atoms with Gasteiger partial charge in [-0.2, -0.15) is 0 Å². The van der Waals surface area contributed by atoms with Crippen LogP contribution in [0.1, 0.15) is 16.1 Å². The molecule has 0 saturated heterocycles. The number of aryl methyl sites for hydroxylation is 1. The molecule has 0 bridgehead atoms. The first-order valence-corrected chi connectivity index (χ1v) is 6.26. The van der Waals surface area contributed by atoms with E-state index in [1.807, 2.05) is 5.38 Å². The molecule has 0 unspecified atom stereocenters. The zero-order valence-electron chi connectivity index (χ0n) is 10.1. The van der Waals surface area contributed by atoms with Gasteiger partial charge < -0.3 is 10.1 Å². The molecule has 0 aliphatic carbocycles. The summed E-state index contributed by atoms with van der Waals surface area (Å²) in [6.45, 7) is 2.57. The molecule has 0 aliphatic heterocycles. The Morgan fingerprint density at radius 2 is 2.39 bits per heavy atom. The Bertz CT molecular complexity index is 632. The van der Waals surface area contributed by atoms with Crippen LogP contribution in [-0.2, 0) is 4.74 Å². The minimum Gasteiger partial charge on any atom is -0.383 e. The van der Waals surface area contributed by atoms with Crippen molar-refractivity contribution in [3.63, 3.8) is 0 Å². The number of fused-ring (bicyclic) bond motifs is 1. The van der Waals surface area contributed by atoms with Crippen molar-refractivity contribution < 1.29 is 9.53 Å². The number of hydrogen-bond acceptors (Lipinski definition) is 5. The van der Waals surface area contributed by atoms with Crippen molar-refractivity contribution in [1.29, 1.82) is 0 Å². The third-order valence-corrected chi connectivity index (χ3v) is 3.41. The molecule has 0 spiro atoms. The van der Waals surface area contributed by atoms with E-state index in [0.717, 1.165) is 5.69 Å². The maximum absolute atomic E-state index is 12.1. The smallest absolute Gasteiger partial charge is 0.271 e. The number of rotatable bonds is 4. The Morgan fingerprint density at radius 3 is 3.11 bits per heavy atom. The molecule has 7 heteroatoms. The van der Waals surface area contributed by atoms with E-state index in [-0.39, 0.29) is 11.1 Å². The van der Waals surface area contributed by atoms with Crippen molar-refractivity contribution in [3.8, 4) is 0 Å². The molecule has 0 aliphatic rings. The maximum Gasteiger partial charge on any atom is 0.271 e. The summed E-state index contributed by atoms with van der Waals surface area (Å²) in [7, 11) is 1.55. The lowest BCUT2D eigenvalue weighted by Gasteiger charge is -2.04. The number of amides is 1. The van der Waals surface area contributed by atoms with E-state index in [1.54, 1.807) is 14.0 Å². The number of hydrogen-bond donors (Lipinski definition) is 1. The molecule has 1 amide bonds. The Balaban J connectivity index is 2.34. The van der Waals surface area contributed by atoms with Gasteiger partial charge in [0.1, 0.15) is 5.56 Å². The second kappa shape index (κ2) is 5.28. The predicted octanol–water partition coefficient (Wildman–Crippen LogP) is 0.441. The van der Waals surface area contributed by atoms with Gasteiger partial charge in [0.15, 0.2) is 4.96 Å². The number of thiazole rings is 1. The van der Waals surface area contributed by atoms with Crippen LogP contribution in [0.5, 0.6) is 0 Å². The molecule has 2 rings (SSSR count). The van der Waals surface area contributed by atoms with E-state index >= 15 is 0 Å². The molecule has 0 atom stereocenters. The lowest BCUT2D eigenvalue weighted by molar-refractivity contribution is 0.0935. The average molecular weight is 267 g/mol. The molecule has 0 fully saturated rings. The standard InChI is InChI=1S/C11H13N3O3S/c1-7-6-18-11-13-5-8(10(16)14(7)11)9(15)12-3-4-17-2/h5-6H,3-4H2,1-2H3,(H,12,15). The first-order chi connectivity index (χ1) is 8.65. The van der Waals surface area contributed by atoms with Crippen LogP contribution in [-0.4, -0.2) is 35.6 Å². The van der Waals surface area contributed by atoms with Gasteiger partial charge in [0.05, 0.1) is 6.61 Å². The summed E-state index contributed by atoms with van der Waals surface area (Å²) in [5.74, 6) is -0.426. The summed E-state index contributed by atoms with van der Waals surface area (Å²) in [6, 6.07) is 0. The quantitative estimate of drug-likeness (QED) is 0.816. The van der Waals surface area contributed by atoms with Crippen molar-refractivity contribution in [2.45, 2.75) is 6.92 Å². The molecule has 2 heterocycles. The van der Waals surface area contributed by atoms with E-state index in [4.69, 9.17) is 4.74 Å². The summed E-state index contributed by atoms with van der Waals surface area (Å²) < 4.78 is 6.26. The van der Waals surface area contributed by atoms with Crippen molar-refractivity contribution >= 4 is 22.2 Å². The molecule has 1 N–H and O–H groups in total. The number of ether oxygens (including phenoxy) is 1. The van der Waals surface area contributed by atoms with Crippen molar-refractivity contribution in [1.82, 2.24) is 14.7 Å². The summed E-state index contributed by atoms with van der Waals surface area (Å²) in [5.41, 5.74) is 0.484. The lowest BCUT2D eigenvalue weighted by atomic mass is 10.3. The third kappa shape index (κ3) is 2.27. The van der Waals surface area contributed by atoms with Crippen molar-refractivity contribution in [3.05, 3.63) is 33.2 Å². The first-order valence-electron chi connectivity index (χ1n) is 5.38. The monoisotopic (exact) mass is 267 g/mol. The van der Waals surface area contributed by atoms with E-state index in [0.29, 0.717) is 18.1 Å². The van der Waals surface area contributed by atoms with E-state index < -0.39 is 5.91 Å². The van der Waals surface area contributed by atoms with Gasteiger partial charge in [-0.25, -0.2) is 4.98 Å². The van der Waals surface area contributed by atoms with Crippen LogP contribution < -0.4 is 10.9 Å². The van der Waals surface area contributed by atoms with Gasteiger partial charge in [0, 0.05) is 30.9 Å². The number of nitrogens with one attached hydrogen (secondary N) is 1. The Labute approximate surface area is 107 Å². The number of carbonyl (C=O) groups is 1. The average Bonchev–Trinajstić information content (AvgIpc) is 2.72. The van der Waals surface area contributed by atoms with Crippen LogP contribution in [0.25, 0.3) is 4.96 Å². The van der Waals surface area contributed by atoms with Crippen LogP contribution in [0.15, 0.2) is 16.4 Å². The second-order valence-electron chi connectivity index (χ2n) is 3.72. The number of aromatic nitrogens is 2. The minimum atomic E-state index is -0.426. The highest BCUT2D eigenvalue weighted by Gasteiger charge is 2.14.